The highest BCUT2D eigenvalue weighted by Gasteiger charge is 2.23. The number of ether oxygens (including phenoxy) is 2. The lowest BCUT2D eigenvalue weighted by Gasteiger charge is -2.23. The van der Waals surface area contributed by atoms with Crippen molar-refractivity contribution in [3.8, 4) is 34.1 Å². The van der Waals surface area contributed by atoms with E-state index in [1.165, 1.54) is 0 Å². The number of hydrogen-bond acceptors (Lipinski definition) is 3. The summed E-state index contributed by atoms with van der Waals surface area (Å²) in [5.74, 6) is 2.79. The SMILES string of the molecule is [O-][S+](c1ccccc1)c1cccc(-c2cc3c(c4ccccc24)Oc2ccccc2O3)c1. The van der Waals surface area contributed by atoms with Crippen LogP contribution in [0.3, 0.4) is 0 Å². The molecule has 3 nitrogen and oxygen atoms in total. The second-order valence-corrected chi connectivity index (χ2v) is 9.04. The summed E-state index contributed by atoms with van der Waals surface area (Å²) in [7, 11) is 0. The van der Waals surface area contributed by atoms with Crippen LogP contribution in [0, 0.1) is 0 Å². The van der Waals surface area contributed by atoms with Crippen LogP contribution in [0.4, 0.5) is 0 Å². The molecular formula is C28H18O3S. The summed E-state index contributed by atoms with van der Waals surface area (Å²) in [6.45, 7) is 0. The van der Waals surface area contributed by atoms with Crippen LogP contribution in [0.25, 0.3) is 21.9 Å². The molecule has 0 saturated carbocycles. The molecule has 0 N–H and O–H groups in total. The topological polar surface area (TPSA) is 41.5 Å². The van der Waals surface area contributed by atoms with Crippen molar-refractivity contribution >= 4 is 21.9 Å². The van der Waals surface area contributed by atoms with Gasteiger partial charge in [-0.15, -0.1) is 0 Å². The van der Waals surface area contributed by atoms with Crippen molar-refractivity contribution < 1.29 is 14.0 Å². The first-order valence-corrected chi connectivity index (χ1v) is 11.5. The van der Waals surface area contributed by atoms with E-state index in [-0.39, 0.29) is 0 Å². The van der Waals surface area contributed by atoms with Crippen molar-refractivity contribution in [2.24, 2.45) is 0 Å². The molecule has 5 aromatic rings. The van der Waals surface area contributed by atoms with Crippen LogP contribution < -0.4 is 9.47 Å². The number of fused-ring (bicyclic) bond motifs is 4. The van der Waals surface area contributed by atoms with Gasteiger partial charge in [-0.05, 0) is 52.9 Å². The maximum absolute atomic E-state index is 13.1. The van der Waals surface area contributed by atoms with Gasteiger partial charge in [-0.3, -0.25) is 0 Å². The van der Waals surface area contributed by atoms with E-state index in [9.17, 15) is 4.55 Å². The van der Waals surface area contributed by atoms with Crippen LogP contribution in [0.1, 0.15) is 0 Å². The molecule has 0 saturated heterocycles. The molecule has 0 bridgehead atoms. The summed E-state index contributed by atoms with van der Waals surface area (Å²) >= 11 is -1.25. The van der Waals surface area contributed by atoms with E-state index in [2.05, 4.69) is 6.07 Å². The average molecular weight is 435 g/mol. The summed E-state index contributed by atoms with van der Waals surface area (Å²) in [6.07, 6.45) is 0. The predicted octanol–water partition coefficient (Wildman–Crippen LogP) is 7.57. The van der Waals surface area contributed by atoms with Crippen molar-refractivity contribution in [1.29, 1.82) is 0 Å². The average Bonchev–Trinajstić information content (AvgIpc) is 2.87. The van der Waals surface area contributed by atoms with Crippen molar-refractivity contribution in [3.05, 3.63) is 109 Å². The summed E-state index contributed by atoms with van der Waals surface area (Å²) in [4.78, 5) is 1.55. The van der Waals surface area contributed by atoms with Crippen LogP contribution in [-0.4, -0.2) is 4.55 Å². The molecule has 0 radical (unpaired) electrons. The summed E-state index contributed by atoms with van der Waals surface area (Å²) < 4.78 is 25.6. The molecule has 0 spiro atoms. The van der Waals surface area contributed by atoms with Crippen molar-refractivity contribution in [2.75, 3.05) is 0 Å². The highest BCUT2D eigenvalue weighted by atomic mass is 32.2. The van der Waals surface area contributed by atoms with Gasteiger partial charge in [-0.25, -0.2) is 0 Å². The third kappa shape index (κ3) is 3.21. The highest BCUT2D eigenvalue weighted by Crippen LogP contribution is 2.50. The Labute approximate surface area is 189 Å². The maximum Gasteiger partial charge on any atom is 0.177 e. The first-order chi connectivity index (χ1) is 15.8. The lowest BCUT2D eigenvalue weighted by atomic mass is 9.97. The molecule has 5 aromatic carbocycles. The Morgan fingerprint density at radius 3 is 2.00 bits per heavy atom. The zero-order valence-electron chi connectivity index (χ0n) is 17.0. The lowest BCUT2D eigenvalue weighted by Crippen LogP contribution is -2.02. The van der Waals surface area contributed by atoms with Crippen LogP contribution in [0.15, 0.2) is 119 Å². The van der Waals surface area contributed by atoms with E-state index >= 15 is 0 Å². The normalized spacial score (nSPS) is 12.9. The van der Waals surface area contributed by atoms with Crippen LogP contribution >= 0.6 is 0 Å². The van der Waals surface area contributed by atoms with Crippen LogP contribution in [0.5, 0.6) is 23.0 Å². The van der Waals surface area contributed by atoms with Crippen molar-refractivity contribution in [2.45, 2.75) is 9.79 Å². The summed E-state index contributed by atoms with van der Waals surface area (Å²) in [5, 5.41) is 2.03. The van der Waals surface area contributed by atoms with Gasteiger partial charge in [-0.1, -0.05) is 66.7 Å². The molecule has 1 unspecified atom stereocenters. The second kappa shape index (κ2) is 7.75. The van der Waals surface area contributed by atoms with Gasteiger partial charge in [0.2, 0.25) is 0 Å². The molecule has 6 rings (SSSR count). The fourth-order valence-electron chi connectivity index (χ4n) is 4.05. The minimum atomic E-state index is -1.25. The smallest absolute Gasteiger partial charge is 0.177 e. The zero-order chi connectivity index (χ0) is 21.5. The molecular weight excluding hydrogens is 416 g/mol. The van der Waals surface area contributed by atoms with Gasteiger partial charge in [-0.2, -0.15) is 0 Å². The Bertz CT molecular complexity index is 1450. The molecule has 0 aliphatic carbocycles. The minimum Gasteiger partial charge on any atom is -0.606 e. The molecule has 0 aromatic heterocycles. The van der Waals surface area contributed by atoms with Gasteiger partial charge in [0.05, 0.1) is 0 Å². The van der Waals surface area contributed by atoms with Crippen LogP contribution in [0.2, 0.25) is 0 Å². The molecule has 4 heteroatoms. The Morgan fingerprint density at radius 2 is 1.19 bits per heavy atom. The molecule has 1 aliphatic heterocycles. The highest BCUT2D eigenvalue weighted by molar-refractivity contribution is 7.91. The Morgan fingerprint density at radius 1 is 0.531 bits per heavy atom. The molecule has 154 valence electrons. The Balaban J connectivity index is 1.50. The minimum absolute atomic E-state index is 0.673. The first-order valence-electron chi connectivity index (χ1n) is 10.4. The monoisotopic (exact) mass is 434 g/mol. The van der Waals surface area contributed by atoms with E-state index in [0.717, 1.165) is 31.7 Å². The standard InChI is InChI=1S/C28H18O3S/c29-32(20-10-2-1-3-11-20)21-12-8-9-19(17-21)24-18-27-28(23-14-5-4-13-22(23)24)31-26-16-7-6-15-25(26)30-27/h1-18H. The quantitative estimate of drug-likeness (QED) is 0.270. The van der Waals surface area contributed by atoms with Crippen LogP contribution in [-0.2, 0) is 11.2 Å². The fourth-order valence-corrected chi connectivity index (χ4v) is 5.16. The van der Waals surface area contributed by atoms with Gasteiger partial charge >= 0.3 is 0 Å². The van der Waals surface area contributed by atoms with Crippen molar-refractivity contribution in [1.82, 2.24) is 0 Å². The Kier molecular flexibility index (Phi) is 4.60. The zero-order valence-corrected chi connectivity index (χ0v) is 17.8. The van der Waals surface area contributed by atoms with Gasteiger partial charge in [0, 0.05) is 22.6 Å². The van der Waals surface area contributed by atoms with Gasteiger partial charge in [0.15, 0.2) is 32.8 Å². The molecule has 32 heavy (non-hydrogen) atoms. The van der Waals surface area contributed by atoms with E-state index in [4.69, 9.17) is 9.47 Å². The van der Waals surface area contributed by atoms with E-state index in [1.807, 2.05) is 103 Å². The molecule has 0 fully saturated rings. The largest absolute Gasteiger partial charge is 0.606 e. The maximum atomic E-state index is 13.1. The second-order valence-electron chi connectivity index (χ2n) is 7.56. The fraction of sp³-hybridized carbons (Fsp3) is 0. The number of rotatable bonds is 3. The van der Waals surface area contributed by atoms with Gasteiger partial charge < -0.3 is 14.0 Å². The molecule has 0 amide bonds. The van der Waals surface area contributed by atoms with Gasteiger partial charge in [0.1, 0.15) is 0 Å². The molecule has 1 aliphatic rings. The van der Waals surface area contributed by atoms with E-state index < -0.39 is 11.2 Å². The summed E-state index contributed by atoms with van der Waals surface area (Å²) in [6, 6.07) is 35.2. The molecule has 1 heterocycles. The Hall–Kier alpha value is -3.73. The summed E-state index contributed by atoms with van der Waals surface area (Å²) in [5.41, 5.74) is 1.99. The third-order valence-electron chi connectivity index (χ3n) is 5.56. The number of para-hydroxylation sites is 2. The predicted molar refractivity (Wildman–Crippen MR) is 127 cm³/mol. The number of hydrogen-bond donors (Lipinski definition) is 0. The van der Waals surface area contributed by atoms with Gasteiger partial charge in [0.25, 0.3) is 0 Å². The van der Waals surface area contributed by atoms with Crippen molar-refractivity contribution in [3.63, 3.8) is 0 Å². The number of benzene rings is 5. The third-order valence-corrected chi connectivity index (χ3v) is 6.94. The van der Waals surface area contributed by atoms with E-state index in [0.29, 0.717) is 23.0 Å². The molecule has 1 atom stereocenters. The first kappa shape index (κ1) is 19.0. The lowest BCUT2D eigenvalue weighted by molar-refractivity contribution is 0.363. The van der Waals surface area contributed by atoms with E-state index in [1.54, 1.807) is 0 Å².